The van der Waals surface area contributed by atoms with Crippen molar-refractivity contribution < 1.29 is 14.3 Å². The summed E-state index contributed by atoms with van der Waals surface area (Å²) in [6, 6.07) is 20.8. The Kier molecular flexibility index (Phi) is 4.47. The molecule has 0 saturated carbocycles. The molecule has 1 aliphatic rings. The first-order chi connectivity index (χ1) is 13.5. The number of anilines is 1. The van der Waals surface area contributed by atoms with Crippen molar-refractivity contribution in [2.24, 2.45) is 0 Å². The molecule has 0 unspecified atom stereocenters. The van der Waals surface area contributed by atoms with Crippen LogP contribution in [-0.2, 0) is 4.79 Å². The highest BCUT2D eigenvalue weighted by Crippen LogP contribution is 2.45. The van der Waals surface area contributed by atoms with E-state index in [-0.39, 0.29) is 11.6 Å². The number of hydrogen-bond acceptors (Lipinski definition) is 2. The van der Waals surface area contributed by atoms with Crippen molar-refractivity contribution in [1.82, 2.24) is 0 Å². The topological polar surface area (TPSA) is 40.5 Å². The van der Waals surface area contributed by atoms with Crippen LogP contribution >= 0.6 is 0 Å². The molecule has 1 aliphatic heterocycles. The maximum atomic E-state index is 13.4. The molecule has 1 amide bonds. The number of rotatable bonds is 3. The fraction of sp³-hybridized carbons (Fsp3) is 0.125. The molecule has 4 rings (SSSR count). The Morgan fingerprint density at radius 3 is 1.93 bits per heavy atom. The summed E-state index contributed by atoms with van der Waals surface area (Å²) >= 11 is 0. The number of hydrogen-bond donors (Lipinski definition) is 1. The summed E-state index contributed by atoms with van der Waals surface area (Å²) < 4.78 is 13.4. The zero-order valence-electron chi connectivity index (χ0n) is 15.7. The van der Waals surface area contributed by atoms with Gasteiger partial charge < -0.3 is 5.11 Å². The Morgan fingerprint density at radius 1 is 0.821 bits per heavy atom. The number of carbonyl (C=O) groups is 1. The molecule has 1 N–H and O–H groups in total. The smallest absolute Gasteiger partial charge is 0.294 e. The lowest BCUT2D eigenvalue weighted by atomic mass is 9.92. The second-order valence-corrected chi connectivity index (χ2v) is 7.09. The first-order valence-corrected chi connectivity index (χ1v) is 9.11. The average Bonchev–Trinajstić information content (AvgIpc) is 2.95. The van der Waals surface area contributed by atoms with Gasteiger partial charge in [0.05, 0.1) is 6.04 Å². The van der Waals surface area contributed by atoms with Gasteiger partial charge in [-0.25, -0.2) is 4.39 Å². The fourth-order valence-corrected chi connectivity index (χ4v) is 3.57. The second kappa shape index (κ2) is 6.97. The van der Waals surface area contributed by atoms with Gasteiger partial charge >= 0.3 is 0 Å². The summed E-state index contributed by atoms with van der Waals surface area (Å²) in [5.41, 5.74) is 4.94. The molecule has 3 aromatic carbocycles. The molecular formula is C24H20FNO2. The number of nitrogens with zero attached hydrogens (tertiary/aromatic N) is 1. The molecule has 0 fully saturated rings. The Labute approximate surface area is 163 Å². The summed E-state index contributed by atoms with van der Waals surface area (Å²) in [7, 11) is 0. The number of aliphatic hydroxyl groups excluding tert-OH is 1. The van der Waals surface area contributed by atoms with E-state index in [0.717, 1.165) is 22.3 Å². The molecule has 0 radical (unpaired) electrons. The lowest BCUT2D eigenvalue weighted by molar-refractivity contribution is -0.117. The van der Waals surface area contributed by atoms with Crippen LogP contribution in [0.3, 0.4) is 0 Å². The van der Waals surface area contributed by atoms with Crippen molar-refractivity contribution in [2.45, 2.75) is 19.9 Å². The first-order valence-electron chi connectivity index (χ1n) is 9.11. The van der Waals surface area contributed by atoms with Crippen molar-refractivity contribution in [1.29, 1.82) is 0 Å². The van der Waals surface area contributed by atoms with Gasteiger partial charge in [-0.3, -0.25) is 9.69 Å². The second-order valence-electron chi connectivity index (χ2n) is 7.09. The first kappa shape index (κ1) is 18.0. The van der Waals surface area contributed by atoms with Gasteiger partial charge in [0, 0.05) is 11.3 Å². The number of benzene rings is 3. The molecule has 0 bridgehead atoms. The van der Waals surface area contributed by atoms with Crippen LogP contribution in [0, 0.1) is 19.7 Å². The van der Waals surface area contributed by atoms with Gasteiger partial charge in [0.2, 0.25) is 0 Å². The van der Waals surface area contributed by atoms with E-state index in [1.165, 1.54) is 17.0 Å². The van der Waals surface area contributed by atoms with Crippen molar-refractivity contribution in [3.8, 4) is 0 Å². The molecule has 140 valence electrons. The SMILES string of the molecule is Cc1ccc(C2=C(O)C(=O)N(c3ccc(F)cc3)[C@H]2c2ccc(C)cc2)cc1. The van der Waals surface area contributed by atoms with Crippen LogP contribution in [0.25, 0.3) is 5.57 Å². The number of carbonyl (C=O) groups excluding carboxylic acids is 1. The third-order valence-electron chi connectivity index (χ3n) is 5.07. The summed E-state index contributed by atoms with van der Waals surface area (Å²) in [5.74, 6) is -1.15. The minimum absolute atomic E-state index is 0.279. The molecule has 0 saturated heterocycles. The third-order valence-corrected chi connectivity index (χ3v) is 5.07. The van der Waals surface area contributed by atoms with Gasteiger partial charge in [-0.2, -0.15) is 0 Å². The zero-order chi connectivity index (χ0) is 19.8. The van der Waals surface area contributed by atoms with Gasteiger partial charge in [-0.15, -0.1) is 0 Å². The summed E-state index contributed by atoms with van der Waals surface area (Å²) in [4.78, 5) is 14.5. The minimum Gasteiger partial charge on any atom is -0.503 e. The normalized spacial score (nSPS) is 16.8. The van der Waals surface area contributed by atoms with Gasteiger partial charge in [0.1, 0.15) is 5.82 Å². The fourth-order valence-electron chi connectivity index (χ4n) is 3.57. The van der Waals surface area contributed by atoms with Crippen LogP contribution in [0.2, 0.25) is 0 Å². The van der Waals surface area contributed by atoms with Gasteiger partial charge in [0.15, 0.2) is 5.76 Å². The van der Waals surface area contributed by atoms with Crippen LogP contribution in [0.4, 0.5) is 10.1 Å². The molecule has 1 heterocycles. The molecule has 28 heavy (non-hydrogen) atoms. The molecular weight excluding hydrogens is 353 g/mol. The number of halogens is 1. The van der Waals surface area contributed by atoms with E-state index in [2.05, 4.69) is 0 Å². The highest BCUT2D eigenvalue weighted by atomic mass is 19.1. The lowest BCUT2D eigenvalue weighted by Crippen LogP contribution is -2.30. The van der Waals surface area contributed by atoms with Crippen LogP contribution in [0.15, 0.2) is 78.6 Å². The summed E-state index contributed by atoms with van der Waals surface area (Å²) in [6.45, 7) is 3.98. The molecule has 0 spiro atoms. The Hall–Kier alpha value is -3.40. The third kappa shape index (κ3) is 3.07. The van der Waals surface area contributed by atoms with Crippen LogP contribution in [0.5, 0.6) is 0 Å². The number of aliphatic hydroxyl groups is 1. The molecule has 0 aromatic heterocycles. The number of aryl methyl sites for hydroxylation is 2. The number of amides is 1. The Morgan fingerprint density at radius 2 is 1.36 bits per heavy atom. The van der Waals surface area contributed by atoms with Crippen molar-refractivity contribution in [3.05, 3.63) is 107 Å². The van der Waals surface area contributed by atoms with Crippen molar-refractivity contribution in [3.63, 3.8) is 0 Å². The molecule has 1 atom stereocenters. The minimum atomic E-state index is -0.499. The highest BCUT2D eigenvalue weighted by molar-refractivity contribution is 6.15. The van der Waals surface area contributed by atoms with E-state index in [0.29, 0.717) is 11.3 Å². The van der Waals surface area contributed by atoms with Crippen molar-refractivity contribution >= 4 is 17.2 Å². The van der Waals surface area contributed by atoms with Gasteiger partial charge in [-0.05, 0) is 49.2 Å². The lowest BCUT2D eigenvalue weighted by Gasteiger charge is -2.27. The maximum absolute atomic E-state index is 13.4. The quantitative estimate of drug-likeness (QED) is 0.659. The predicted octanol–water partition coefficient (Wildman–Crippen LogP) is 5.50. The summed E-state index contributed by atoms with van der Waals surface area (Å²) in [5, 5.41) is 10.8. The molecule has 3 aromatic rings. The maximum Gasteiger partial charge on any atom is 0.294 e. The Bertz CT molecular complexity index is 1050. The van der Waals surface area contributed by atoms with Crippen molar-refractivity contribution in [2.75, 3.05) is 4.90 Å². The monoisotopic (exact) mass is 373 g/mol. The highest BCUT2D eigenvalue weighted by Gasteiger charge is 2.41. The van der Waals surface area contributed by atoms with E-state index < -0.39 is 11.9 Å². The standard InChI is InChI=1S/C24H20FNO2/c1-15-3-7-17(8-4-15)21-22(18-9-5-16(2)6-10-18)26(24(28)23(21)27)20-13-11-19(25)12-14-20/h3-14,22,27H,1-2H3/t22-/m0/s1. The molecule has 3 nitrogen and oxygen atoms in total. The van der Waals surface area contributed by atoms with E-state index >= 15 is 0 Å². The molecule has 0 aliphatic carbocycles. The van der Waals surface area contributed by atoms with E-state index in [1.54, 1.807) is 12.1 Å². The van der Waals surface area contributed by atoms with E-state index in [1.807, 2.05) is 62.4 Å². The van der Waals surface area contributed by atoms with Gasteiger partial charge in [-0.1, -0.05) is 59.7 Å². The zero-order valence-corrected chi connectivity index (χ0v) is 15.7. The van der Waals surface area contributed by atoms with E-state index in [9.17, 15) is 14.3 Å². The van der Waals surface area contributed by atoms with Crippen LogP contribution in [0.1, 0.15) is 28.3 Å². The Balaban J connectivity index is 1.90. The van der Waals surface area contributed by atoms with Crippen LogP contribution in [-0.4, -0.2) is 11.0 Å². The van der Waals surface area contributed by atoms with Crippen LogP contribution < -0.4 is 4.90 Å². The summed E-state index contributed by atoms with van der Waals surface area (Å²) in [6.07, 6.45) is 0. The van der Waals surface area contributed by atoms with Gasteiger partial charge in [0.25, 0.3) is 5.91 Å². The molecule has 4 heteroatoms. The average molecular weight is 373 g/mol. The largest absolute Gasteiger partial charge is 0.503 e. The van der Waals surface area contributed by atoms with E-state index in [4.69, 9.17) is 0 Å². The predicted molar refractivity (Wildman–Crippen MR) is 109 cm³/mol.